The quantitative estimate of drug-likeness (QED) is 0.319. The first-order chi connectivity index (χ1) is 9.47. The summed E-state index contributed by atoms with van der Waals surface area (Å²) in [7, 11) is 1.56. The molecule has 0 heterocycles. The van der Waals surface area contributed by atoms with E-state index in [-0.39, 0.29) is 35.3 Å². The second-order valence-electron chi connectivity index (χ2n) is 4.49. The van der Waals surface area contributed by atoms with Crippen LogP contribution in [0.25, 0.3) is 0 Å². The van der Waals surface area contributed by atoms with Gasteiger partial charge in [0.2, 0.25) is 5.91 Å². The highest BCUT2D eigenvalue weighted by atomic mass is 19.1. The lowest BCUT2D eigenvalue weighted by Crippen LogP contribution is -2.21. The van der Waals surface area contributed by atoms with Gasteiger partial charge in [-0.1, -0.05) is 12.1 Å². The number of methoxy groups -OCH3 is 1. The van der Waals surface area contributed by atoms with Gasteiger partial charge in [0.05, 0.1) is 5.69 Å². The van der Waals surface area contributed by atoms with Crippen molar-refractivity contribution >= 4 is 17.4 Å². The lowest BCUT2D eigenvalue weighted by Gasteiger charge is -2.13. The number of carbonyl (C=O) groups is 1. The van der Waals surface area contributed by atoms with Gasteiger partial charge in [0.25, 0.3) is 0 Å². The fourth-order valence-corrected chi connectivity index (χ4v) is 1.75. The number of carbonyl (C=O) groups excluding carboxylic acids is 1. The second-order valence-corrected chi connectivity index (χ2v) is 4.49. The van der Waals surface area contributed by atoms with Crippen molar-refractivity contribution in [3.8, 4) is 0 Å². The number of rotatable bonds is 6. The summed E-state index contributed by atoms with van der Waals surface area (Å²) < 4.78 is 18.1. The van der Waals surface area contributed by atoms with E-state index in [0.717, 1.165) is 6.07 Å². The fourth-order valence-electron chi connectivity index (χ4n) is 1.75. The Morgan fingerprint density at radius 2 is 2.30 bits per heavy atom. The molecule has 0 aliphatic heterocycles. The summed E-state index contributed by atoms with van der Waals surface area (Å²) in [4.78, 5) is 11.8. The number of nitrogens with two attached hydrogens (primary N) is 1. The van der Waals surface area contributed by atoms with Gasteiger partial charge < -0.3 is 21.0 Å². The van der Waals surface area contributed by atoms with Gasteiger partial charge in [-0.15, -0.1) is 0 Å². The van der Waals surface area contributed by atoms with Crippen LogP contribution >= 0.6 is 0 Å². The molecule has 110 valence electrons. The summed E-state index contributed by atoms with van der Waals surface area (Å²) in [6.45, 7) is 2.34. The molecular weight excluding hydrogens is 265 g/mol. The minimum absolute atomic E-state index is 0.0488. The lowest BCUT2D eigenvalue weighted by atomic mass is 10.1. The van der Waals surface area contributed by atoms with Crippen LogP contribution in [-0.4, -0.2) is 30.7 Å². The predicted molar refractivity (Wildman–Crippen MR) is 73.2 cm³/mol. The molecule has 0 aliphatic carbocycles. The summed E-state index contributed by atoms with van der Waals surface area (Å²) in [5.74, 6) is -1.03. The van der Waals surface area contributed by atoms with Crippen molar-refractivity contribution < 1.29 is 19.1 Å². The number of hydrogen-bond acceptors (Lipinski definition) is 4. The van der Waals surface area contributed by atoms with E-state index >= 15 is 0 Å². The van der Waals surface area contributed by atoms with E-state index in [9.17, 15) is 9.18 Å². The van der Waals surface area contributed by atoms with Crippen LogP contribution in [0.1, 0.15) is 18.9 Å². The van der Waals surface area contributed by atoms with Gasteiger partial charge in [-0.2, -0.15) is 0 Å². The van der Waals surface area contributed by atoms with Crippen molar-refractivity contribution in [1.82, 2.24) is 0 Å². The SMILES string of the molecule is COCC(C)CC(=O)Nc1ccc(F)cc1/C(N)=N/O. The van der Waals surface area contributed by atoms with Crippen LogP contribution in [0.15, 0.2) is 23.4 Å². The Bertz CT molecular complexity index is 506. The van der Waals surface area contributed by atoms with Crippen molar-refractivity contribution in [3.63, 3.8) is 0 Å². The van der Waals surface area contributed by atoms with Gasteiger partial charge in [0.15, 0.2) is 5.84 Å². The first-order valence-electron chi connectivity index (χ1n) is 6.04. The van der Waals surface area contributed by atoms with Crippen molar-refractivity contribution in [3.05, 3.63) is 29.6 Å². The molecule has 0 fully saturated rings. The summed E-state index contributed by atoms with van der Waals surface area (Å²) in [5.41, 5.74) is 5.86. The predicted octanol–water partition coefficient (Wildman–Crippen LogP) is 1.53. The molecule has 1 unspecified atom stereocenters. The molecule has 6 nitrogen and oxygen atoms in total. The summed E-state index contributed by atoms with van der Waals surface area (Å²) >= 11 is 0. The zero-order valence-electron chi connectivity index (χ0n) is 11.4. The number of nitrogens with zero attached hydrogens (tertiary/aromatic N) is 1. The number of benzene rings is 1. The number of nitrogens with one attached hydrogen (secondary N) is 1. The number of hydrogen-bond donors (Lipinski definition) is 3. The molecule has 1 amide bonds. The van der Waals surface area contributed by atoms with Crippen LogP contribution in [0.5, 0.6) is 0 Å². The molecule has 0 bridgehead atoms. The average molecular weight is 283 g/mol. The van der Waals surface area contributed by atoms with E-state index in [4.69, 9.17) is 15.7 Å². The van der Waals surface area contributed by atoms with Gasteiger partial charge in [0, 0.05) is 25.7 Å². The maximum atomic E-state index is 13.2. The number of halogens is 1. The zero-order chi connectivity index (χ0) is 15.1. The molecule has 20 heavy (non-hydrogen) atoms. The van der Waals surface area contributed by atoms with Crippen LogP contribution in [0, 0.1) is 11.7 Å². The number of anilines is 1. The third-order valence-corrected chi connectivity index (χ3v) is 2.62. The molecule has 0 saturated carbocycles. The third kappa shape index (κ3) is 4.51. The van der Waals surface area contributed by atoms with E-state index in [0.29, 0.717) is 6.61 Å². The molecule has 0 aromatic heterocycles. The highest BCUT2D eigenvalue weighted by molar-refractivity contribution is 6.05. The van der Waals surface area contributed by atoms with Gasteiger partial charge in [-0.25, -0.2) is 4.39 Å². The van der Waals surface area contributed by atoms with Crippen LogP contribution in [0.3, 0.4) is 0 Å². The smallest absolute Gasteiger partial charge is 0.224 e. The molecule has 0 aliphatic rings. The third-order valence-electron chi connectivity index (χ3n) is 2.62. The normalized spacial score (nSPS) is 13.1. The molecule has 0 radical (unpaired) electrons. The van der Waals surface area contributed by atoms with Gasteiger partial charge >= 0.3 is 0 Å². The van der Waals surface area contributed by atoms with Gasteiger partial charge in [0.1, 0.15) is 5.82 Å². The minimum Gasteiger partial charge on any atom is -0.409 e. The topological polar surface area (TPSA) is 96.9 Å². The Balaban J connectivity index is 2.84. The van der Waals surface area contributed by atoms with E-state index in [2.05, 4.69) is 10.5 Å². The second kappa shape index (κ2) is 7.44. The van der Waals surface area contributed by atoms with Gasteiger partial charge in [-0.05, 0) is 24.1 Å². The zero-order valence-corrected chi connectivity index (χ0v) is 11.4. The van der Waals surface area contributed by atoms with Crippen LogP contribution in [-0.2, 0) is 9.53 Å². The van der Waals surface area contributed by atoms with Crippen LogP contribution in [0.2, 0.25) is 0 Å². The lowest BCUT2D eigenvalue weighted by molar-refractivity contribution is -0.117. The van der Waals surface area contributed by atoms with Gasteiger partial charge in [-0.3, -0.25) is 4.79 Å². The maximum Gasteiger partial charge on any atom is 0.224 e. The first-order valence-corrected chi connectivity index (χ1v) is 6.04. The molecular formula is C13H18FN3O3. The minimum atomic E-state index is -0.544. The van der Waals surface area contributed by atoms with E-state index in [1.54, 1.807) is 7.11 Å². The molecule has 0 spiro atoms. The van der Waals surface area contributed by atoms with E-state index < -0.39 is 5.82 Å². The maximum absolute atomic E-state index is 13.2. The van der Waals surface area contributed by atoms with E-state index in [1.807, 2.05) is 6.92 Å². The largest absolute Gasteiger partial charge is 0.409 e. The van der Waals surface area contributed by atoms with E-state index in [1.165, 1.54) is 12.1 Å². The molecule has 0 saturated heterocycles. The molecule has 1 atom stereocenters. The Morgan fingerprint density at radius 1 is 1.60 bits per heavy atom. The number of amidine groups is 1. The molecule has 1 aromatic carbocycles. The Hall–Kier alpha value is -2.15. The Kier molecular flexibility index (Phi) is 5.92. The van der Waals surface area contributed by atoms with Crippen molar-refractivity contribution in [2.75, 3.05) is 19.0 Å². The molecule has 7 heteroatoms. The first kappa shape index (κ1) is 15.9. The summed E-state index contributed by atoms with van der Waals surface area (Å²) in [6, 6.07) is 3.63. The molecule has 1 aromatic rings. The monoisotopic (exact) mass is 283 g/mol. The van der Waals surface area contributed by atoms with Crippen molar-refractivity contribution in [2.45, 2.75) is 13.3 Å². The number of ether oxygens (including phenoxy) is 1. The van der Waals surface area contributed by atoms with Crippen LogP contribution in [0.4, 0.5) is 10.1 Å². The fraction of sp³-hybridized carbons (Fsp3) is 0.385. The average Bonchev–Trinajstić information content (AvgIpc) is 2.40. The number of amides is 1. The molecule has 1 rings (SSSR count). The van der Waals surface area contributed by atoms with Crippen molar-refractivity contribution in [2.24, 2.45) is 16.8 Å². The Morgan fingerprint density at radius 3 is 2.90 bits per heavy atom. The molecule has 4 N–H and O–H groups in total. The highest BCUT2D eigenvalue weighted by Gasteiger charge is 2.13. The standard InChI is InChI=1S/C13H18FN3O3/c1-8(7-20-2)5-12(18)16-11-4-3-9(14)6-10(11)13(15)17-19/h3-4,6,8,19H,5,7H2,1-2H3,(H2,15,17)(H,16,18). The summed E-state index contributed by atoms with van der Waals surface area (Å²) in [6.07, 6.45) is 0.251. The Labute approximate surface area is 116 Å². The highest BCUT2D eigenvalue weighted by Crippen LogP contribution is 2.18. The van der Waals surface area contributed by atoms with Crippen LogP contribution < -0.4 is 11.1 Å². The van der Waals surface area contributed by atoms with Crippen molar-refractivity contribution in [1.29, 1.82) is 0 Å². The number of oxime groups is 1. The summed E-state index contributed by atoms with van der Waals surface area (Å²) in [5, 5.41) is 14.1.